The lowest BCUT2D eigenvalue weighted by Crippen LogP contribution is -2.43. The van der Waals surface area contributed by atoms with Crippen LogP contribution in [0.15, 0.2) is 18.2 Å². The van der Waals surface area contributed by atoms with Crippen LogP contribution in [0.25, 0.3) is 0 Å². The fourth-order valence-electron chi connectivity index (χ4n) is 3.14. The third-order valence-electron chi connectivity index (χ3n) is 4.50. The summed E-state index contributed by atoms with van der Waals surface area (Å²) in [7, 11) is 2.07. The summed E-state index contributed by atoms with van der Waals surface area (Å²) in [6.07, 6.45) is 4.05. The van der Waals surface area contributed by atoms with Crippen molar-refractivity contribution in [3.63, 3.8) is 0 Å². The molecule has 1 aliphatic carbocycles. The van der Waals surface area contributed by atoms with Gasteiger partial charge in [0.15, 0.2) is 0 Å². The second kappa shape index (κ2) is 4.70. The first-order chi connectivity index (χ1) is 8.39. The number of aryl methyl sites for hydroxylation is 1. The van der Waals surface area contributed by atoms with Crippen molar-refractivity contribution in [1.29, 1.82) is 0 Å². The zero-order valence-electron chi connectivity index (χ0n) is 12.6. The topological polar surface area (TPSA) is 12.0 Å². The molecule has 0 saturated heterocycles. The smallest absolute Gasteiger partial charge is 0.00804 e. The fourth-order valence-corrected chi connectivity index (χ4v) is 3.14. The molecule has 1 nitrogen and oxygen atoms in total. The van der Waals surface area contributed by atoms with E-state index in [0.717, 1.165) is 6.54 Å². The first-order valence-corrected chi connectivity index (χ1v) is 7.15. The van der Waals surface area contributed by atoms with E-state index >= 15 is 0 Å². The van der Waals surface area contributed by atoms with Crippen molar-refractivity contribution in [1.82, 2.24) is 5.32 Å². The van der Waals surface area contributed by atoms with E-state index in [-0.39, 0.29) is 5.41 Å². The molecular weight excluding hydrogens is 218 g/mol. The molecule has 0 atom stereocenters. The summed E-state index contributed by atoms with van der Waals surface area (Å²) in [5.74, 6) is 0. The molecule has 0 amide bonds. The highest BCUT2D eigenvalue weighted by atomic mass is 14.8. The Morgan fingerprint density at radius 1 is 1.22 bits per heavy atom. The first kappa shape index (κ1) is 13.6. The Kier molecular flexibility index (Phi) is 3.55. The highest BCUT2D eigenvalue weighted by Gasteiger charge is 2.39. The quantitative estimate of drug-likeness (QED) is 0.850. The molecule has 0 aromatic heterocycles. The molecule has 1 fully saturated rings. The van der Waals surface area contributed by atoms with Crippen molar-refractivity contribution in [2.45, 2.75) is 57.8 Å². The van der Waals surface area contributed by atoms with E-state index in [1.54, 1.807) is 5.56 Å². The predicted molar refractivity (Wildman–Crippen MR) is 79.3 cm³/mol. The minimum Gasteiger partial charge on any atom is -0.319 e. The third kappa shape index (κ3) is 2.33. The predicted octanol–water partition coefficient (Wildman–Crippen LogP) is 3.93. The molecule has 1 aromatic carbocycles. The monoisotopic (exact) mass is 245 g/mol. The zero-order chi connectivity index (χ0) is 13.4. The summed E-state index contributed by atoms with van der Waals surface area (Å²) in [6, 6.07) is 7.07. The average Bonchev–Trinajstić information content (AvgIpc) is 2.23. The summed E-state index contributed by atoms with van der Waals surface area (Å²) >= 11 is 0. The van der Waals surface area contributed by atoms with Gasteiger partial charge in [-0.3, -0.25) is 0 Å². The Bertz CT molecular complexity index is 422. The van der Waals surface area contributed by atoms with Crippen LogP contribution >= 0.6 is 0 Å². The lowest BCUT2D eigenvalue weighted by atomic mass is 9.62. The Labute approximate surface area is 112 Å². The van der Waals surface area contributed by atoms with E-state index in [9.17, 15) is 0 Å². The van der Waals surface area contributed by atoms with Gasteiger partial charge in [0.2, 0.25) is 0 Å². The second-order valence-electron chi connectivity index (χ2n) is 6.94. The van der Waals surface area contributed by atoms with Gasteiger partial charge in [0, 0.05) is 12.0 Å². The Morgan fingerprint density at radius 3 is 2.33 bits per heavy atom. The molecule has 1 aromatic rings. The number of rotatable bonds is 3. The Morgan fingerprint density at radius 2 is 1.89 bits per heavy atom. The van der Waals surface area contributed by atoms with E-state index in [2.05, 4.69) is 58.3 Å². The SMILES string of the molecule is CNCC1(c2cc(C(C)(C)C)ccc2C)CCC1. The van der Waals surface area contributed by atoms with E-state index in [1.807, 2.05) is 0 Å². The molecular formula is C17H27N. The van der Waals surface area contributed by atoms with Crippen molar-refractivity contribution in [3.8, 4) is 0 Å². The maximum atomic E-state index is 3.39. The summed E-state index contributed by atoms with van der Waals surface area (Å²) in [6.45, 7) is 10.3. The molecule has 0 aliphatic heterocycles. The van der Waals surface area contributed by atoms with Crippen LogP contribution in [-0.2, 0) is 10.8 Å². The summed E-state index contributed by atoms with van der Waals surface area (Å²) in [4.78, 5) is 0. The van der Waals surface area contributed by atoms with Crippen molar-refractivity contribution >= 4 is 0 Å². The van der Waals surface area contributed by atoms with Crippen LogP contribution in [0, 0.1) is 6.92 Å². The normalized spacial score (nSPS) is 18.5. The number of hydrogen-bond acceptors (Lipinski definition) is 1. The molecule has 18 heavy (non-hydrogen) atoms. The van der Waals surface area contributed by atoms with E-state index in [1.165, 1.54) is 30.4 Å². The zero-order valence-corrected chi connectivity index (χ0v) is 12.6. The maximum absolute atomic E-state index is 3.39. The third-order valence-corrected chi connectivity index (χ3v) is 4.50. The van der Waals surface area contributed by atoms with Gasteiger partial charge in [-0.2, -0.15) is 0 Å². The highest BCUT2D eigenvalue weighted by molar-refractivity contribution is 5.41. The lowest BCUT2D eigenvalue weighted by molar-refractivity contribution is 0.237. The van der Waals surface area contributed by atoms with Gasteiger partial charge in [-0.1, -0.05) is 45.4 Å². The van der Waals surface area contributed by atoms with Crippen molar-refractivity contribution in [2.75, 3.05) is 13.6 Å². The molecule has 0 unspecified atom stereocenters. The van der Waals surface area contributed by atoms with Crippen LogP contribution in [0.3, 0.4) is 0 Å². The van der Waals surface area contributed by atoms with Crippen molar-refractivity contribution in [3.05, 3.63) is 34.9 Å². The average molecular weight is 245 g/mol. The number of benzene rings is 1. The Hall–Kier alpha value is -0.820. The van der Waals surface area contributed by atoms with Crippen LogP contribution < -0.4 is 5.32 Å². The van der Waals surface area contributed by atoms with Gasteiger partial charge in [-0.15, -0.1) is 0 Å². The first-order valence-electron chi connectivity index (χ1n) is 7.15. The lowest BCUT2D eigenvalue weighted by Gasteiger charge is -2.44. The summed E-state index contributed by atoms with van der Waals surface area (Å²) < 4.78 is 0. The van der Waals surface area contributed by atoms with Crippen molar-refractivity contribution < 1.29 is 0 Å². The van der Waals surface area contributed by atoms with E-state index < -0.39 is 0 Å². The van der Waals surface area contributed by atoms with Crippen molar-refractivity contribution in [2.24, 2.45) is 0 Å². The van der Waals surface area contributed by atoms with Gasteiger partial charge >= 0.3 is 0 Å². The molecule has 0 radical (unpaired) electrons. The second-order valence-corrected chi connectivity index (χ2v) is 6.94. The highest BCUT2D eigenvalue weighted by Crippen LogP contribution is 2.45. The van der Waals surface area contributed by atoms with Gasteiger partial charge < -0.3 is 5.32 Å². The van der Waals surface area contributed by atoms with Crippen LogP contribution in [0.2, 0.25) is 0 Å². The maximum Gasteiger partial charge on any atom is 0.00804 e. The molecule has 0 heterocycles. The van der Waals surface area contributed by atoms with Gasteiger partial charge in [-0.25, -0.2) is 0 Å². The number of nitrogens with one attached hydrogen (secondary N) is 1. The molecule has 1 aliphatic rings. The summed E-state index contributed by atoms with van der Waals surface area (Å²) in [5.41, 5.74) is 5.14. The molecule has 1 saturated carbocycles. The van der Waals surface area contributed by atoms with Gasteiger partial charge in [0.1, 0.15) is 0 Å². The largest absolute Gasteiger partial charge is 0.319 e. The molecule has 2 rings (SSSR count). The fraction of sp³-hybridized carbons (Fsp3) is 0.647. The van der Waals surface area contributed by atoms with Crippen LogP contribution in [0.1, 0.15) is 56.7 Å². The molecule has 0 spiro atoms. The molecule has 1 N–H and O–H groups in total. The van der Waals surface area contributed by atoms with E-state index in [4.69, 9.17) is 0 Å². The van der Waals surface area contributed by atoms with Gasteiger partial charge in [0.05, 0.1) is 0 Å². The number of likely N-dealkylation sites (N-methyl/N-ethyl adjacent to an activating group) is 1. The van der Waals surface area contributed by atoms with Crippen LogP contribution in [0.5, 0.6) is 0 Å². The Balaban J connectivity index is 2.43. The van der Waals surface area contributed by atoms with Gasteiger partial charge in [0.25, 0.3) is 0 Å². The van der Waals surface area contributed by atoms with Crippen LogP contribution in [0.4, 0.5) is 0 Å². The van der Waals surface area contributed by atoms with Gasteiger partial charge in [-0.05, 0) is 48.9 Å². The minimum atomic E-state index is 0.243. The van der Waals surface area contributed by atoms with Crippen LogP contribution in [-0.4, -0.2) is 13.6 Å². The minimum absolute atomic E-state index is 0.243. The molecule has 0 bridgehead atoms. The standard InChI is InChI=1S/C17H27N/c1-13-7-8-14(16(2,3)4)11-15(13)17(12-18-5)9-6-10-17/h7-8,11,18H,6,9-10,12H2,1-5H3. The molecule has 100 valence electrons. The number of hydrogen-bond donors (Lipinski definition) is 1. The van der Waals surface area contributed by atoms with E-state index in [0.29, 0.717) is 5.41 Å². The summed E-state index contributed by atoms with van der Waals surface area (Å²) in [5, 5.41) is 3.39. The molecule has 1 heteroatoms.